The summed E-state index contributed by atoms with van der Waals surface area (Å²) < 4.78 is 0. The maximum absolute atomic E-state index is 12.2. The molecule has 1 fully saturated rings. The molecule has 1 saturated carbocycles. The molecule has 2 nitrogen and oxygen atoms in total. The standard InChI is InChI=1S/C13H16ClNO/c1-15-13(9-5-4-8-12(13)16)10-6-2-3-7-11(10)14/h2-3,6-7,15H,4-5,8-9H2,1H3/i2+1,3+1,6+1,7+1,10+1,11+1. The fourth-order valence-corrected chi connectivity index (χ4v) is 2.82. The van der Waals surface area contributed by atoms with Crippen LogP contribution in [0.5, 0.6) is 0 Å². The van der Waals surface area contributed by atoms with Crippen LogP contribution in [0.15, 0.2) is 24.3 Å². The Morgan fingerprint density at radius 2 is 2.06 bits per heavy atom. The van der Waals surface area contributed by atoms with E-state index in [1.165, 1.54) is 0 Å². The second kappa shape index (κ2) is 4.56. The van der Waals surface area contributed by atoms with Crippen LogP contribution in [0.1, 0.15) is 31.2 Å². The van der Waals surface area contributed by atoms with Crippen molar-refractivity contribution in [3.8, 4) is 0 Å². The van der Waals surface area contributed by atoms with Crippen molar-refractivity contribution in [2.75, 3.05) is 7.05 Å². The lowest BCUT2D eigenvalue weighted by Gasteiger charge is -2.36. The Hall–Kier alpha value is -0.860. The summed E-state index contributed by atoms with van der Waals surface area (Å²) >= 11 is 6.20. The van der Waals surface area contributed by atoms with Gasteiger partial charge in [-0.1, -0.05) is 36.2 Å². The molecule has 0 amide bonds. The summed E-state index contributed by atoms with van der Waals surface area (Å²) in [4.78, 5) is 12.2. The van der Waals surface area contributed by atoms with Crippen LogP contribution in [0.4, 0.5) is 0 Å². The molecule has 0 spiro atoms. The molecule has 1 aliphatic carbocycles. The van der Waals surface area contributed by atoms with E-state index in [9.17, 15) is 4.79 Å². The first-order valence-electron chi connectivity index (χ1n) is 5.68. The summed E-state index contributed by atoms with van der Waals surface area (Å²) in [7, 11) is 1.84. The molecule has 86 valence electrons. The van der Waals surface area contributed by atoms with Crippen molar-refractivity contribution in [3.63, 3.8) is 0 Å². The largest absolute Gasteiger partial charge is 0.304 e. The third kappa shape index (κ3) is 1.76. The molecule has 1 atom stereocenters. The zero-order valence-corrected chi connectivity index (χ0v) is 10.2. The van der Waals surface area contributed by atoms with Gasteiger partial charge < -0.3 is 5.32 Å². The fourth-order valence-electron chi connectivity index (χ4n) is 2.52. The SMILES string of the molecule is CNC1([13c]2[13cH][13cH][13cH][13cH][13c]2Cl)CCCCC1=O. The zero-order valence-electron chi connectivity index (χ0n) is 9.42. The number of likely N-dealkylation sites (N-methyl/N-ethyl adjacent to an activating group) is 1. The van der Waals surface area contributed by atoms with Crippen molar-refractivity contribution >= 4 is 17.4 Å². The first-order valence-corrected chi connectivity index (χ1v) is 6.06. The predicted molar refractivity (Wildman–Crippen MR) is 65.7 cm³/mol. The van der Waals surface area contributed by atoms with E-state index < -0.39 is 5.54 Å². The minimum absolute atomic E-state index is 0.259. The van der Waals surface area contributed by atoms with Crippen molar-refractivity contribution < 1.29 is 4.79 Å². The number of carbonyl (C=O) groups excluding carboxylic acids is 1. The summed E-state index contributed by atoms with van der Waals surface area (Å²) in [6, 6.07) is 7.62. The normalized spacial score (nSPS) is 25.8. The van der Waals surface area contributed by atoms with E-state index >= 15 is 0 Å². The Morgan fingerprint density at radius 3 is 2.69 bits per heavy atom. The number of benzene rings is 1. The highest BCUT2D eigenvalue weighted by molar-refractivity contribution is 6.31. The molecule has 1 aromatic rings. The Labute approximate surface area is 101 Å². The van der Waals surface area contributed by atoms with E-state index in [1.54, 1.807) is 0 Å². The molecule has 16 heavy (non-hydrogen) atoms. The molecule has 1 unspecified atom stereocenters. The smallest absolute Gasteiger partial charge is 0.157 e. The summed E-state index contributed by atoms with van der Waals surface area (Å²) in [5, 5.41) is 3.86. The molecule has 0 aliphatic heterocycles. The van der Waals surface area contributed by atoms with Crippen LogP contribution in [-0.2, 0) is 10.3 Å². The van der Waals surface area contributed by atoms with Gasteiger partial charge in [0.2, 0.25) is 0 Å². The molecule has 3 heteroatoms. The van der Waals surface area contributed by atoms with Gasteiger partial charge in [0.15, 0.2) is 5.78 Å². The molecule has 0 saturated heterocycles. The number of ketones is 1. The molecule has 0 aromatic heterocycles. The van der Waals surface area contributed by atoms with E-state index in [-0.39, 0.29) is 5.78 Å². The number of rotatable bonds is 2. The quantitative estimate of drug-likeness (QED) is 0.865. The number of hydrogen-bond acceptors (Lipinski definition) is 2. The van der Waals surface area contributed by atoms with Crippen LogP contribution >= 0.6 is 11.6 Å². The van der Waals surface area contributed by atoms with E-state index in [0.717, 1.165) is 24.8 Å². The van der Waals surface area contributed by atoms with Gasteiger partial charge in [0.05, 0.1) is 0 Å². The molecular weight excluding hydrogens is 228 g/mol. The van der Waals surface area contributed by atoms with Crippen LogP contribution < -0.4 is 5.32 Å². The topological polar surface area (TPSA) is 29.1 Å². The lowest BCUT2D eigenvalue weighted by Crippen LogP contribution is -2.49. The van der Waals surface area contributed by atoms with Crippen LogP contribution in [0.2, 0.25) is 5.02 Å². The first kappa shape index (κ1) is 11.6. The average Bonchev–Trinajstić information content (AvgIpc) is 2.31. The lowest BCUT2D eigenvalue weighted by molar-refractivity contribution is -0.127. The fraction of sp³-hybridized carbons (Fsp3) is 0.462. The Bertz CT molecular complexity index is 405. The highest BCUT2D eigenvalue weighted by Crippen LogP contribution is 2.37. The molecule has 0 heterocycles. The zero-order chi connectivity index (χ0) is 11.6. The highest BCUT2D eigenvalue weighted by atomic mass is 35.5. The molecular formula is C13H16ClNO. The number of carbonyl (C=O) groups is 1. The monoisotopic (exact) mass is 243 g/mol. The van der Waals surface area contributed by atoms with Gasteiger partial charge in [-0.05, 0) is 31.5 Å². The molecule has 0 bridgehead atoms. The predicted octanol–water partition coefficient (Wildman–Crippen LogP) is 2.90. The minimum atomic E-state index is -0.559. The molecule has 1 N–H and O–H groups in total. The van der Waals surface area contributed by atoms with E-state index in [1.807, 2.05) is 31.3 Å². The molecule has 1 aliphatic rings. The van der Waals surface area contributed by atoms with Gasteiger partial charge in [0.1, 0.15) is 5.54 Å². The van der Waals surface area contributed by atoms with E-state index in [4.69, 9.17) is 11.6 Å². The van der Waals surface area contributed by atoms with Crippen molar-refractivity contribution in [1.29, 1.82) is 0 Å². The second-order valence-corrected chi connectivity index (χ2v) is 4.67. The van der Waals surface area contributed by atoms with Gasteiger partial charge in [-0.15, -0.1) is 0 Å². The number of halogens is 1. The number of nitrogens with one attached hydrogen (secondary N) is 1. The van der Waals surface area contributed by atoms with Crippen molar-refractivity contribution in [2.24, 2.45) is 0 Å². The Kier molecular flexibility index (Phi) is 3.31. The Balaban J connectivity index is 2.48. The van der Waals surface area contributed by atoms with Gasteiger partial charge in [-0.25, -0.2) is 0 Å². The van der Waals surface area contributed by atoms with Crippen LogP contribution in [0.25, 0.3) is 0 Å². The summed E-state index contributed by atoms with van der Waals surface area (Å²) in [6.45, 7) is 0. The summed E-state index contributed by atoms with van der Waals surface area (Å²) in [5.74, 6) is 0.259. The number of Topliss-reactive ketones (excluding diaryl/α,β-unsaturated/α-hetero) is 1. The van der Waals surface area contributed by atoms with Gasteiger partial charge in [0.25, 0.3) is 0 Å². The second-order valence-electron chi connectivity index (χ2n) is 4.27. The highest BCUT2D eigenvalue weighted by Gasteiger charge is 2.40. The summed E-state index contributed by atoms with van der Waals surface area (Å²) in [5.41, 5.74) is 0.361. The minimum Gasteiger partial charge on any atom is -0.304 e. The van der Waals surface area contributed by atoms with E-state index in [0.29, 0.717) is 11.4 Å². The third-order valence-electron chi connectivity index (χ3n) is 3.44. The van der Waals surface area contributed by atoms with Gasteiger partial charge in [-0.3, -0.25) is 4.79 Å². The van der Waals surface area contributed by atoms with Gasteiger partial charge in [0, 0.05) is 11.4 Å². The van der Waals surface area contributed by atoms with E-state index in [2.05, 4.69) is 5.32 Å². The Morgan fingerprint density at radius 1 is 1.31 bits per heavy atom. The maximum atomic E-state index is 12.2. The average molecular weight is 244 g/mol. The molecule has 2 rings (SSSR count). The maximum Gasteiger partial charge on any atom is 0.157 e. The molecule has 1 aromatic carbocycles. The van der Waals surface area contributed by atoms with Crippen molar-refractivity contribution in [1.82, 2.24) is 5.32 Å². The lowest BCUT2D eigenvalue weighted by atomic mass is 9.85. The van der Waals surface area contributed by atoms with Crippen LogP contribution in [0, 0.1) is 0 Å². The molecule has 0 radical (unpaired) electrons. The van der Waals surface area contributed by atoms with Gasteiger partial charge in [-0.2, -0.15) is 0 Å². The van der Waals surface area contributed by atoms with Crippen LogP contribution in [-0.4, -0.2) is 12.8 Å². The van der Waals surface area contributed by atoms with Crippen molar-refractivity contribution in [2.45, 2.75) is 31.2 Å². The number of hydrogen-bond donors (Lipinski definition) is 1. The summed E-state index contributed by atoms with van der Waals surface area (Å²) in [6.07, 6.45) is 3.54. The van der Waals surface area contributed by atoms with Crippen LogP contribution in [0.3, 0.4) is 0 Å². The van der Waals surface area contributed by atoms with Crippen molar-refractivity contribution in [3.05, 3.63) is 34.9 Å². The third-order valence-corrected chi connectivity index (χ3v) is 3.77. The van der Waals surface area contributed by atoms with Gasteiger partial charge >= 0.3 is 0 Å². The first-order chi connectivity index (χ1) is 7.70.